The molecule has 0 aliphatic rings. The summed E-state index contributed by atoms with van der Waals surface area (Å²) in [5.74, 6) is -0.122. The fraction of sp³-hybridized carbons (Fsp3) is 0.533. The number of amides is 1. The van der Waals surface area contributed by atoms with Crippen LogP contribution < -0.4 is 11.1 Å². The molecule has 112 valence electrons. The van der Waals surface area contributed by atoms with Gasteiger partial charge in [0.25, 0.3) is 0 Å². The zero-order valence-corrected chi connectivity index (χ0v) is 12.9. The van der Waals surface area contributed by atoms with Gasteiger partial charge in [-0.05, 0) is 52.4 Å². The number of nitrogens with two attached hydrogens (primary N) is 1. The van der Waals surface area contributed by atoms with Gasteiger partial charge in [0.2, 0.25) is 5.91 Å². The Hall–Kier alpha value is -1.59. The molecule has 5 heteroatoms. The van der Waals surface area contributed by atoms with Crippen molar-refractivity contribution in [1.82, 2.24) is 4.90 Å². The first-order valence-corrected chi connectivity index (χ1v) is 6.70. The first kappa shape index (κ1) is 16.5. The number of aliphatic hydroxyl groups is 1. The predicted octanol–water partition coefficient (Wildman–Crippen LogP) is 1.61. The number of aliphatic hydroxyl groups excluding tert-OH is 1. The van der Waals surface area contributed by atoms with Gasteiger partial charge in [-0.2, -0.15) is 0 Å². The summed E-state index contributed by atoms with van der Waals surface area (Å²) >= 11 is 0. The molecule has 0 fully saturated rings. The molecule has 0 aliphatic heterocycles. The second kappa shape index (κ2) is 6.24. The maximum absolute atomic E-state index is 12.3. The number of benzene rings is 1. The molecule has 5 nitrogen and oxygen atoms in total. The third-order valence-electron chi connectivity index (χ3n) is 3.82. The van der Waals surface area contributed by atoms with Crippen molar-refractivity contribution in [2.75, 3.05) is 24.7 Å². The summed E-state index contributed by atoms with van der Waals surface area (Å²) in [5.41, 5.74) is 7.57. The molecule has 1 aromatic carbocycles. The Morgan fingerprint density at radius 2 is 2.10 bits per heavy atom. The van der Waals surface area contributed by atoms with Crippen LogP contribution in [0.15, 0.2) is 18.2 Å². The number of aryl methyl sites for hydroxylation is 1. The van der Waals surface area contributed by atoms with Crippen LogP contribution in [-0.2, 0) is 4.79 Å². The number of carbonyl (C=O) groups excluding carboxylic acids is 1. The molecule has 1 amide bonds. The fourth-order valence-corrected chi connectivity index (χ4v) is 1.82. The van der Waals surface area contributed by atoms with E-state index in [2.05, 4.69) is 5.32 Å². The van der Waals surface area contributed by atoms with Crippen molar-refractivity contribution in [3.63, 3.8) is 0 Å². The molecule has 0 spiro atoms. The highest BCUT2D eigenvalue weighted by Crippen LogP contribution is 2.20. The Morgan fingerprint density at radius 1 is 1.50 bits per heavy atom. The molecule has 0 aromatic heterocycles. The lowest BCUT2D eigenvalue weighted by Gasteiger charge is -2.37. The molecule has 1 rings (SSSR count). The highest BCUT2D eigenvalue weighted by molar-refractivity contribution is 5.95. The molecular weight excluding hydrogens is 254 g/mol. The predicted molar refractivity (Wildman–Crippen MR) is 82.6 cm³/mol. The van der Waals surface area contributed by atoms with E-state index in [-0.39, 0.29) is 18.6 Å². The third kappa shape index (κ3) is 3.71. The third-order valence-corrected chi connectivity index (χ3v) is 3.82. The topological polar surface area (TPSA) is 78.6 Å². The van der Waals surface area contributed by atoms with Gasteiger partial charge in [0.05, 0.1) is 12.6 Å². The number of likely N-dealkylation sites (N-methyl/N-ethyl adjacent to an activating group) is 1. The number of nitrogen functional groups attached to an aromatic ring is 1. The Balaban J connectivity index is 2.83. The number of hydrogen-bond donors (Lipinski definition) is 3. The Kier molecular flexibility index (Phi) is 5.14. The van der Waals surface area contributed by atoms with Crippen LogP contribution in [0.5, 0.6) is 0 Å². The van der Waals surface area contributed by atoms with E-state index in [1.807, 2.05) is 45.7 Å². The van der Waals surface area contributed by atoms with Crippen LogP contribution in [0.4, 0.5) is 11.4 Å². The van der Waals surface area contributed by atoms with Crippen molar-refractivity contribution in [2.45, 2.75) is 39.3 Å². The zero-order valence-electron chi connectivity index (χ0n) is 12.9. The average Bonchev–Trinajstić information content (AvgIpc) is 2.41. The van der Waals surface area contributed by atoms with Crippen LogP contribution in [0.3, 0.4) is 0 Å². The van der Waals surface area contributed by atoms with Crippen LogP contribution in [0.2, 0.25) is 0 Å². The average molecular weight is 279 g/mol. The number of hydrogen-bond acceptors (Lipinski definition) is 4. The lowest BCUT2D eigenvalue weighted by atomic mass is 10.0. The van der Waals surface area contributed by atoms with Crippen molar-refractivity contribution in [3.05, 3.63) is 23.8 Å². The monoisotopic (exact) mass is 279 g/mol. The van der Waals surface area contributed by atoms with E-state index in [0.29, 0.717) is 5.69 Å². The van der Waals surface area contributed by atoms with E-state index >= 15 is 0 Å². The second-order valence-electron chi connectivity index (χ2n) is 5.82. The molecule has 0 radical (unpaired) electrons. The fourth-order valence-electron chi connectivity index (χ4n) is 1.82. The molecule has 1 atom stereocenters. The highest BCUT2D eigenvalue weighted by Gasteiger charge is 2.30. The number of nitrogens with one attached hydrogen (secondary N) is 1. The van der Waals surface area contributed by atoms with Gasteiger partial charge in [-0.15, -0.1) is 0 Å². The lowest BCUT2D eigenvalue weighted by molar-refractivity contribution is -0.122. The van der Waals surface area contributed by atoms with E-state index in [1.165, 1.54) is 0 Å². The van der Waals surface area contributed by atoms with E-state index in [9.17, 15) is 9.90 Å². The van der Waals surface area contributed by atoms with E-state index in [0.717, 1.165) is 11.3 Å². The summed E-state index contributed by atoms with van der Waals surface area (Å²) in [6, 6.07) is 5.06. The standard InChI is InChI=1S/C15H25N3O2/c1-10-6-7-12(16)8-13(10)17-14(20)11(2)18(5)15(3,4)9-19/h6-8,11,19H,9,16H2,1-5H3,(H,17,20). The smallest absolute Gasteiger partial charge is 0.241 e. The maximum atomic E-state index is 12.3. The van der Waals surface area contributed by atoms with Gasteiger partial charge in [-0.1, -0.05) is 6.07 Å². The minimum atomic E-state index is -0.457. The number of carbonyl (C=O) groups is 1. The SMILES string of the molecule is Cc1ccc(N)cc1NC(=O)C(C)N(C)C(C)(C)CO. The summed E-state index contributed by atoms with van der Waals surface area (Å²) in [4.78, 5) is 14.2. The van der Waals surface area contributed by atoms with E-state index in [1.54, 1.807) is 12.1 Å². The summed E-state index contributed by atoms with van der Waals surface area (Å²) in [7, 11) is 1.83. The number of anilines is 2. The van der Waals surface area contributed by atoms with Gasteiger partial charge in [0, 0.05) is 16.9 Å². The van der Waals surface area contributed by atoms with Gasteiger partial charge in [0.15, 0.2) is 0 Å². The van der Waals surface area contributed by atoms with Gasteiger partial charge < -0.3 is 16.2 Å². The lowest BCUT2D eigenvalue weighted by Crippen LogP contribution is -2.52. The summed E-state index contributed by atoms with van der Waals surface area (Å²) in [6.07, 6.45) is 0. The second-order valence-corrected chi connectivity index (χ2v) is 5.82. The molecule has 1 aromatic rings. The van der Waals surface area contributed by atoms with Crippen molar-refractivity contribution >= 4 is 17.3 Å². The molecule has 20 heavy (non-hydrogen) atoms. The van der Waals surface area contributed by atoms with Crippen molar-refractivity contribution in [3.8, 4) is 0 Å². The first-order chi connectivity index (χ1) is 9.19. The Morgan fingerprint density at radius 3 is 2.65 bits per heavy atom. The summed E-state index contributed by atoms with van der Waals surface area (Å²) in [5, 5.41) is 12.3. The quantitative estimate of drug-likeness (QED) is 0.715. The van der Waals surface area contributed by atoms with E-state index < -0.39 is 5.54 Å². The molecule has 0 bridgehead atoms. The molecule has 1 unspecified atom stereocenters. The van der Waals surface area contributed by atoms with Gasteiger partial charge in [0.1, 0.15) is 0 Å². The van der Waals surface area contributed by atoms with Gasteiger partial charge in [-0.25, -0.2) is 0 Å². The minimum Gasteiger partial charge on any atom is -0.399 e. The van der Waals surface area contributed by atoms with Crippen LogP contribution in [0.25, 0.3) is 0 Å². The van der Waals surface area contributed by atoms with Crippen molar-refractivity contribution < 1.29 is 9.90 Å². The molecule has 0 saturated carbocycles. The van der Waals surface area contributed by atoms with E-state index in [4.69, 9.17) is 5.73 Å². The maximum Gasteiger partial charge on any atom is 0.241 e. The van der Waals surface area contributed by atoms with Crippen LogP contribution in [-0.4, -0.2) is 41.1 Å². The summed E-state index contributed by atoms with van der Waals surface area (Å²) in [6.45, 7) is 7.50. The number of nitrogens with zero attached hydrogens (tertiary/aromatic N) is 1. The van der Waals surface area contributed by atoms with Gasteiger partial charge >= 0.3 is 0 Å². The van der Waals surface area contributed by atoms with Crippen LogP contribution in [0, 0.1) is 6.92 Å². The van der Waals surface area contributed by atoms with Crippen LogP contribution >= 0.6 is 0 Å². The normalized spacial score (nSPS) is 13.3. The van der Waals surface area contributed by atoms with Crippen molar-refractivity contribution in [2.24, 2.45) is 0 Å². The van der Waals surface area contributed by atoms with Crippen molar-refractivity contribution in [1.29, 1.82) is 0 Å². The largest absolute Gasteiger partial charge is 0.399 e. The molecule has 0 aliphatic carbocycles. The molecule has 0 heterocycles. The Bertz CT molecular complexity index is 486. The number of rotatable bonds is 5. The first-order valence-electron chi connectivity index (χ1n) is 6.70. The van der Waals surface area contributed by atoms with Crippen LogP contribution in [0.1, 0.15) is 26.3 Å². The summed E-state index contributed by atoms with van der Waals surface area (Å²) < 4.78 is 0. The molecular formula is C15H25N3O2. The van der Waals surface area contributed by atoms with Gasteiger partial charge in [-0.3, -0.25) is 9.69 Å². The Labute approximate surface area is 120 Å². The molecule has 4 N–H and O–H groups in total. The highest BCUT2D eigenvalue weighted by atomic mass is 16.3. The minimum absolute atomic E-state index is 0.0154. The zero-order chi connectivity index (χ0) is 15.5. The molecule has 0 saturated heterocycles.